The summed E-state index contributed by atoms with van der Waals surface area (Å²) in [5, 5.41) is 0. The molecule has 0 rings (SSSR count). The molecule has 0 fully saturated rings. The highest BCUT2D eigenvalue weighted by Gasteiger charge is 2.42. The molecule has 0 N–H and O–H groups in total. The Balaban J connectivity index is 5.19. The van der Waals surface area contributed by atoms with Gasteiger partial charge in [0.15, 0.2) is 0 Å². The van der Waals surface area contributed by atoms with Crippen LogP contribution < -0.4 is 0 Å². The predicted molar refractivity (Wildman–Crippen MR) is 81.2 cm³/mol. The molecular formula is C12H28O6Si2. The van der Waals surface area contributed by atoms with Crippen LogP contribution in [0.5, 0.6) is 0 Å². The first-order valence-electron chi connectivity index (χ1n) is 6.94. The summed E-state index contributed by atoms with van der Waals surface area (Å²) < 4.78 is 33.7. The molecule has 20 heavy (non-hydrogen) atoms. The molecule has 0 aromatic carbocycles. The third-order valence-corrected chi connectivity index (χ3v) is 7.83. The molecule has 0 aliphatic rings. The van der Waals surface area contributed by atoms with Crippen LogP contribution in [-0.2, 0) is 26.6 Å². The summed E-state index contributed by atoms with van der Waals surface area (Å²) in [6.07, 6.45) is 0. The van der Waals surface area contributed by atoms with Crippen LogP contribution in [0, 0.1) is 0 Å². The van der Waals surface area contributed by atoms with Gasteiger partial charge >= 0.3 is 17.6 Å². The van der Waals surface area contributed by atoms with Crippen molar-refractivity contribution < 1.29 is 26.6 Å². The quantitative estimate of drug-likeness (QED) is 0.511. The molecule has 0 spiro atoms. The molecule has 0 aromatic heterocycles. The van der Waals surface area contributed by atoms with Gasteiger partial charge in [0.25, 0.3) is 0 Å². The monoisotopic (exact) mass is 324 g/mol. The molecule has 0 unspecified atom stereocenters. The zero-order valence-corrected chi connectivity index (χ0v) is 15.4. The Hall–Kier alpha value is -0.0662. The van der Waals surface area contributed by atoms with E-state index in [1.807, 2.05) is 27.7 Å². The van der Waals surface area contributed by atoms with Gasteiger partial charge < -0.3 is 26.6 Å². The van der Waals surface area contributed by atoms with E-state index in [1.54, 1.807) is 25.6 Å². The van der Waals surface area contributed by atoms with Crippen molar-refractivity contribution in [2.24, 2.45) is 0 Å². The molecule has 120 valence electrons. The summed E-state index contributed by atoms with van der Waals surface area (Å²) in [6, 6.07) is 0. The van der Waals surface area contributed by atoms with Crippen LogP contribution in [0.25, 0.3) is 0 Å². The smallest absolute Gasteiger partial charge is 0.374 e. The van der Waals surface area contributed by atoms with Gasteiger partial charge in [0.05, 0.1) is 0 Å². The minimum Gasteiger partial charge on any atom is -0.374 e. The zero-order chi connectivity index (χ0) is 15.5. The van der Waals surface area contributed by atoms with Gasteiger partial charge in [-0.25, -0.2) is 0 Å². The summed E-state index contributed by atoms with van der Waals surface area (Å²) in [7, 11) is -2.51. The minimum atomic E-state index is -2.84. The number of hydrogen-bond acceptors (Lipinski definition) is 6. The van der Waals surface area contributed by atoms with Crippen molar-refractivity contribution in [1.82, 2.24) is 0 Å². The van der Waals surface area contributed by atoms with Gasteiger partial charge in [-0.1, -0.05) is 0 Å². The lowest BCUT2D eigenvalue weighted by molar-refractivity contribution is 0.0945. The second-order valence-corrected chi connectivity index (χ2v) is 8.73. The summed E-state index contributed by atoms with van der Waals surface area (Å²) in [5.74, 6) is 0. The molecule has 0 aromatic rings. The number of hydrogen-bond donors (Lipinski definition) is 0. The lowest BCUT2D eigenvalue weighted by Crippen LogP contribution is -2.47. The average molecular weight is 325 g/mol. The molecule has 0 radical (unpaired) electrons. The van der Waals surface area contributed by atoms with Crippen LogP contribution in [0.4, 0.5) is 0 Å². The highest BCUT2D eigenvalue weighted by atomic mass is 28.4. The molecule has 0 saturated heterocycles. The van der Waals surface area contributed by atoms with Crippen LogP contribution in [-0.4, -0.2) is 58.3 Å². The third-order valence-electron chi connectivity index (χ3n) is 2.44. The van der Waals surface area contributed by atoms with Crippen LogP contribution in [0.1, 0.15) is 27.7 Å². The van der Waals surface area contributed by atoms with E-state index >= 15 is 0 Å². The largest absolute Gasteiger partial charge is 0.528 e. The normalized spacial score (nSPS) is 13.3. The first kappa shape index (κ1) is 19.9. The highest BCUT2D eigenvalue weighted by Crippen LogP contribution is 2.16. The predicted octanol–water partition coefficient (Wildman–Crippen LogP) is 1.94. The molecule has 0 saturated carbocycles. The van der Waals surface area contributed by atoms with Crippen molar-refractivity contribution in [3.8, 4) is 0 Å². The molecule has 0 heterocycles. The second-order valence-electron chi connectivity index (χ2n) is 3.68. The minimum absolute atomic E-state index is 0.509. The maximum absolute atomic E-state index is 5.68. The van der Waals surface area contributed by atoms with E-state index in [0.29, 0.717) is 26.4 Å². The molecule has 0 aliphatic carbocycles. The van der Waals surface area contributed by atoms with Crippen LogP contribution >= 0.6 is 0 Å². The van der Waals surface area contributed by atoms with E-state index in [9.17, 15) is 0 Å². The molecule has 8 heteroatoms. The van der Waals surface area contributed by atoms with Crippen molar-refractivity contribution in [2.75, 3.05) is 40.6 Å². The van der Waals surface area contributed by atoms with Crippen LogP contribution in [0.2, 0.25) is 0 Å². The molecular weight excluding hydrogens is 296 g/mol. The molecule has 0 bridgehead atoms. The van der Waals surface area contributed by atoms with E-state index in [-0.39, 0.29) is 0 Å². The average Bonchev–Trinajstić information content (AvgIpc) is 2.45. The fraction of sp³-hybridized carbons (Fsp3) is 0.833. The Bertz CT molecular complexity index is 237. The van der Waals surface area contributed by atoms with Gasteiger partial charge in [-0.2, -0.15) is 0 Å². The van der Waals surface area contributed by atoms with Crippen molar-refractivity contribution in [1.29, 1.82) is 0 Å². The zero-order valence-electron chi connectivity index (χ0n) is 13.4. The van der Waals surface area contributed by atoms with Crippen LogP contribution in [0.3, 0.4) is 0 Å². The fourth-order valence-electron chi connectivity index (χ4n) is 1.66. The topological polar surface area (TPSA) is 55.4 Å². The third kappa shape index (κ3) is 6.14. The van der Waals surface area contributed by atoms with Gasteiger partial charge in [0.2, 0.25) is 0 Å². The van der Waals surface area contributed by atoms with Crippen molar-refractivity contribution in [2.45, 2.75) is 27.7 Å². The summed E-state index contributed by atoms with van der Waals surface area (Å²) in [4.78, 5) is 0. The first-order valence-corrected chi connectivity index (χ1v) is 10.5. The van der Waals surface area contributed by atoms with Gasteiger partial charge in [-0.15, -0.1) is 0 Å². The number of rotatable bonds is 12. The van der Waals surface area contributed by atoms with Crippen molar-refractivity contribution in [3.63, 3.8) is 0 Å². The fourth-order valence-corrected chi connectivity index (χ4v) is 6.19. The summed E-state index contributed by atoms with van der Waals surface area (Å²) in [5.41, 5.74) is 3.59. The standard InChI is InChI=1S/C12H28O6Si2/c1-7-15-19(13-5,16-8-2)11-12-20(14-6,17-9-3)18-10-4/h11-12H,7-10H2,1-6H3. The maximum atomic E-state index is 5.68. The van der Waals surface area contributed by atoms with E-state index in [2.05, 4.69) is 0 Å². The Labute approximate surface area is 124 Å². The van der Waals surface area contributed by atoms with E-state index < -0.39 is 17.6 Å². The SMILES string of the molecule is CCO[Si](C=C[Si](OC)(OCC)OCC)(OC)OCC. The Morgan fingerprint density at radius 1 is 0.600 bits per heavy atom. The van der Waals surface area contributed by atoms with Crippen molar-refractivity contribution in [3.05, 3.63) is 11.4 Å². The van der Waals surface area contributed by atoms with Gasteiger partial charge in [0.1, 0.15) is 0 Å². The molecule has 6 nitrogen and oxygen atoms in total. The summed E-state index contributed by atoms with van der Waals surface area (Å²) >= 11 is 0. The van der Waals surface area contributed by atoms with Crippen LogP contribution in [0.15, 0.2) is 11.4 Å². The molecule has 0 atom stereocenters. The Kier molecular flexibility index (Phi) is 10.6. The maximum Gasteiger partial charge on any atom is 0.528 e. The lowest BCUT2D eigenvalue weighted by Gasteiger charge is -2.27. The second kappa shape index (κ2) is 10.6. The first-order chi connectivity index (χ1) is 9.57. The Morgan fingerprint density at radius 2 is 0.850 bits per heavy atom. The molecule has 0 amide bonds. The van der Waals surface area contributed by atoms with Gasteiger partial charge in [-0.05, 0) is 39.1 Å². The van der Waals surface area contributed by atoms with E-state index in [1.165, 1.54) is 0 Å². The van der Waals surface area contributed by atoms with E-state index in [4.69, 9.17) is 26.6 Å². The van der Waals surface area contributed by atoms with Gasteiger partial charge in [0, 0.05) is 40.6 Å². The lowest BCUT2D eigenvalue weighted by atomic mass is 10.9. The highest BCUT2D eigenvalue weighted by molar-refractivity contribution is 6.72. The van der Waals surface area contributed by atoms with Crippen molar-refractivity contribution >= 4 is 17.6 Å². The molecule has 0 aliphatic heterocycles. The van der Waals surface area contributed by atoms with Gasteiger partial charge in [-0.3, -0.25) is 0 Å². The van der Waals surface area contributed by atoms with E-state index in [0.717, 1.165) is 0 Å². The summed E-state index contributed by atoms with van der Waals surface area (Å²) in [6.45, 7) is 9.65. The Morgan fingerprint density at radius 3 is 1.00 bits per heavy atom.